The van der Waals surface area contributed by atoms with Crippen LogP contribution in [0, 0.1) is 23.5 Å². The van der Waals surface area contributed by atoms with Gasteiger partial charge >= 0.3 is 0 Å². The number of halogens is 2. The van der Waals surface area contributed by atoms with Gasteiger partial charge in [-0.15, -0.1) is 0 Å². The largest absolute Gasteiger partial charge is 0.352 e. The van der Waals surface area contributed by atoms with Crippen molar-refractivity contribution in [2.75, 3.05) is 18.4 Å². The minimum Gasteiger partial charge on any atom is -0.352 e. The van der Waals surface area contributed by atoms with Crippen LogP contribution in [0.15, 0.2) is 42.5 Å². The summed E-state index contributed by atoms with van der Waals surface area (Å²) in [5, 5.41) is 5.80. The van der Waals surface area contributed by atoms with Crippen LogP contribution in [-0.2, 0) is 16.1 Å². The highest BCUT2D eigenvalue weighted by molar-refractivity contribution is 5.95. The third-order valence-electron chi connectivity index (χ3n) is 5.95. The summed E-state index contributed by atoms with van der Waals surface area (Å²) in [6, 6.07) is 10.3. The van der Waals surface area contributed by atoms with E-state index in [0.717, 1.165) is 36.2 Å². The zero-order valence-corrected chi connectivity index (χ0v) is 17.6. The van der Waals surface area contributed by atoms with E-state index in [4.69, 9.17) is 0 Å². The first-order chi connectivity index (χ1) is 15.4. The Bertz CT molecular complexity index is 1010. The number of piperidine rings is 1. The molecule has 2 aromatic carbocycles. The summed E-state index contributed by atoms with van der Waals surface area (Å²) in [6.07, 6.45) is 2.86. The van der Waals surface area contributed by atoms with E-state index in [1.54, 1.807) is 0 Å². The lowest BCUT2D eigenvalue weighted by Crippen LogP contribution is -2.43. The number of nitrogens with zero attached hydrogens (tertiary/aromatic N) is 1. The number of nitrogens with one attached hydrogen (secondary N) is 2. The van der Waals surface area contributed by atoms with Gasteiger partial charge in [-0.1, -0.05) is 12.1 Å². The van der Waals surface area contributed by atoms with Gasteiger partial charge in [-0.3, -0.25) is 14.4 Å². The van der Waals surface area contributed by atoms with Gasteiger partial charge in [0.15, 0.2) is 0 Å². The van der Waals surface area contributed by atoms with E-state index in [2.05, 4.69) is 10.6 Å². The van der Waals surface area contributed by atoms with Crippen molar-refractivity contribution < 1.29 is 23.2 Å². The van der Waals surface area contributed by atoms with Gasteiger partial charge in [-0.25, -0.2) is 8.78 Å². The summed E-state index contributed by atoms with van der Waals surface area (Å²) < 4.78 is 26.9. The molecule has 168 valence electrons. The van der Waals surface area contributed by atoms with E-state index in [-0.39, 0.29) is 29.2 Å². The summed E-state index contributed by atoms with van der Waals surface area (Å²) in [4.78, 5) is 38.3. The number of hydrogen-bond donors (Lipinski definition) is 2. The Kier molecular flexibility index (Phi) is 6.48. The van der Waals surface area contributed by atoms with Gasteiger partial charge in [0.25, 0.3) is 5.91 Å². The molecule has 2 aliphatic rings. The first kappa shape index (κ1) is 21.9. The van der Waals surface area contributed by atoms with Crippen molar-refractivity contribution >= 4 is 23.4 Å². The van der Waals surface area contributed by atoms with Crippen LogP contribution in [0.3, 0.4) is 0 Å². The normalized spacial score (nSPS) is 16.5. The Morgan fingerprint density at radius 1 is 0.875 bits per heavy atom. The van der Waals surface area contributed by atoms with E-state index < -0.39 is 17.5 Å². The van der Waals surface area contributed by atoms with Crippen molar-refractivity contribution in [3.05, 3.63) is 65.2 Å². The van der Waals surface area contributed by atoms with Crippen molar-refractivity contribution in [1.82, 2.24) is 10.2 Å². The van der Waals surface area contributed by atoms with Crippen LogP contribution in [0.25, 0.3) is 0 Å². The molecule has 1 saturated heterocycles. The highest BCUT2D eigenvalue weighted by Gasteiger charge is 2.30. The van der Waals surface area contributed by atoms with E-state index >= 15 is 0 Å². The third-order valence-corrected chi connectivity index (χ3v) is 5.95. The Balaban J connectivity index is 1.23. The number of rotatable bonds is 6. The smallest absolute Gasteiger partial charge is 0.256 e. The van der Waals surface area contributed by atoms with Crippen LogP contribution in [0.5, 0.6) is 0 Å². The van der Waals surface area contributed by atoms with Gasteiger partial charge in [0.1, 0.15) is 11.6 Å². The molecule has 3 amide bonds. The summed E-state index contributed by atoms with van der Waals surface area (Å²) in [5.41, 5.74) is 1.50. The number of amides is 3. The predicted molar refractivity (Wildman–Crippen MR) is 115 cm³/mol. The maximum Gasteiger partial charge on any atom is 0.256 e. The Hall–Kier alpha value is -3.29. The summed E-state index contributed by atoms with van der Waals surface area (Å²) in [5.74, 6) is -2.22. The maximum absolute atomic E-state index is 13.9. The highest BCUT2D eigenvalue weighted by Crippen LogP contribution is 2.30. The lowest BCUT2D eigenvalue weighted by Gasteiger charge is -2.31. The summed E-state index contributed by atoms with van der Waals surface area (Å²) in [7, 11) is 0. The molecule has 2 aromatic rings. The average Bonchev–Trinajstić information content (AvgIpc) is 3.64. The van der Waals surface area contributed by atoms with E-state index in [0.29, 0.717) is 38.5 Å². The predicted octanol–water partition coefficient (Wildman–Crippen LogP) is 3.48. The van der Waals surface area contributed by atoms with E-state index in [1.165, 1.54) is 4.90 Å². The van der Waals surface area contributed by atoms with Gasteiger partial charge in [-0.05, 0) is 55.5 Å². The molecule has 1 saturated carbocycles. The molecule has 0 bridgehead atoms. The molecule has 8 heteroatoms. The quantitative estimate of drug-likeness (QED) is 0.721. The second-order valence-corrected chi connectivity index (χ2v) is 8.37. The van der Waals surface area contributed by atoms with Crippen LogP contribution < -0.4 is 10.6 Å². The SMILES string of the molecule is O=C(NCc1ccc(NC(=O)C2CC2)cc1)C1CCN(C(=O)c2ccc(F)cc2F)CC1. The molecule has 0 atom stereocenters. The van der Waals surface area contributed by atoms with E-state index in [9.17, 15) is 23.2 Å². The fraction of sp³-hybridized carbons (Fsp3) is 0.375. The average molecular weight is 441 g/mol. The fourth-order valence-electron chi connectivity index (χ4n) is 3.81. The van der Waals surface area contributed by atoms with Crippen LogP contribution in [-0.4, -0.2) is 35.7 Å². The summed E-state index contributed by atoms with van der Waals surface area (Å²) in [6.45, 7) is 1.04. The molecule has 1 heterocycles. The second-order valence-electron chi connectivity index (χ2n) is 8.37. The Morgan fingerprint density at radius 2 is 1.53 bits per heavy atom. The van der Waals surface area contributed by atoms with Crippen LogP contribution in [0.1, 0.15) is 41.6 Å². The molecular formula is C24H25F2N3O3. The van der Waals surface area contributed by atoms with Gasteiger partial charge in [0, 0.05) is 43.2 Å². The molecule has 1 aliphatic heterocycles. The van der Waals surface area contributed by atoms with Crippen LogP contribution in [0.4, 0.5) is 14.5 Å². The van der Waals surface area contributed by atoms with Gasteiger partial charge in [0.2, 0.25) is 11.8 Å². The Labute approximate surface area is 185 Å². The molecule has 6 nitrogen and oxygen atoms in total. The molecule has 2 N–H and O–H groups in total. The second kappa shape index (κ2) is 9.46. The van der Waals surface area contributed by atoms with Gasteiger partial charge in [-0.2, -0.15) is 0 Å². The van der Waals surface area contributed by atoms with Crippen molar-refractivity contribution in [3.8, 4) is 0 Å². The maximum atomic E-state index is 13.9. The zero-order valence-electron chi connectivity index (χ0n) is 17.6. The third kappa shape index (κ3) is 5.30. The zero-order chi connectivity index (χ0) is 22.7. The molecule has 0 spiro atoms. The molecule has 0 aromatic heterocycles. The number of hydrogen-bond acceptors (Lipinski definition) is 3. The summed E-state index contributed by atoms with van der Waals surface area (Å²) >= 11 is 0. The van der Waals surface area contributed by atoms with Crippen molar-refractivity contribution in [3.63, 3.8) is 0 Å². The van der Waals surface area contributed by atoms with E-state index in [1.807, 2.05) is 24.3 Å². The molecule has 4 rings (SSSR count). The van der Waals surface area contributed by atoms with Crippen molar-refractivity contribution in [1.29, 1.82) is 0 Å². The monoisotopic (exact) mass is 441 g/mol. The minimum absolute atomic E-state index is 0.0537. The van der Waals surface area contributed by atoms with Crippen molar-refractivity contribution in [2.45, 2.75) is 32.2 Å². The number of carbonyl (C=O) groups is 3. The number of likely N-dealkylation sites (tertiary alicyclic amines) is 1. The van der Waals surface area contributed by atoms with Gasteiger partial charge in [0.05, 0.1) is 5.56 Å². The molecular weight excluding hydrogens is 416 g/mol. The topological polar surface area (TPSA) is 78.5 Å². The highest BCUT2D eigenvalue weighted by atomic mass is 19.1. The van der Waals surface area contributed by atoms with Crippen LogP contribution >= 0.6 is 0 Å². The number of benzene rings is 2. The first-order valence-electron chi connectivity index (χ1n) is 10.8. The first-order valence-corrected chi connectivity index (χ1v) is 10.8. The molecule has 1 aliphatic carbocycles. The van der Waals surface area contributed by atoms with Crippen LogP contribution in [0.2, 0.25) is 0 Å². The number of anilines is 1. The molecule has 0 radical (unpaired) electrons. The minimum atomic E-state index is -0.881. The molecule has 0 unspecified atom stereocenters. The Morgan fingerprint density at radius 3 is 2.16 bits per heavy atom. The molecule has 2 fully saturated rings. The lowest BCUT2D eigenvalue weighted by molar-refractivity contribution is -0.126. The van der Waals surface area contributed by atoms with Gasteiger partial charge < -0.3 is 15.5 Å². The standard InChI is InChI=1S/C24H25F2N3O3/c25-18-5-8-20(21(26)13-18)24(32)29-11-9-17(10-12-29)22(30)27-14-15-1-6-19(7-2-15)28-23(31)16-3-4-16/h1-2,5-8,13,16-17H,3-4,9-12,14H2,(H,27,30)(H,28,31). The molecule has 32 heavy (non-hydrogen) atoms. The number of carbonyl (C=O) groups excluding carboxylic acids is 3. The van der Waals surface area contributed by atoms with Crippen molar-refractivity contribution in [2.24, 2.45) is 11.8 Å². The lowest BCUT2D eigenvalue weighted by atomic mass is 9.95. The fourth-order valence-corrected chi connectivity index (χ4v) is 3.81.